The van der Waals surface area contributed by atoms with Gasteiger partial charge >= 0.3 is 0 Å². The minimum Gasteiger partial charge on any atom is -0.272 e. The molecule has 4 aromatic rings. The summed E-state index contributed by atoms with van der Waals surface area (Å²) in [7, 11) is 1.87. The highest BCUT2D eigenvalue weighted by atomic mass is 15.4. The van der Waals surface area contributed by atoms with Gasteiger partial charge in [0, 0.05) is 36.5 Å². The molecular formula is C23H23N7. The van der Waals surface area contributed by atoms with Crippen molar-refractivity contribution in [1.29, 1.82) is 5.26 Å². The van der Waals surface area contributed by atoms with Gasteiger partial charge in [-0.15, -0.1) is 5.10 Å². The maximum atomic E-state index is 9.38. The zero-order valence-corrected chi connectivity index (χ0v) is 17.2. The topological polar surface area (TPSA) is 85.2 Å². The number of hydrogen-bond acceptors (Lipinski definition) is 5. The van der Waals surface area contributed by atoms with Gasteiger partial charge in [-0.1, -0.05) is 31.0 Å². The molecule has 3 heterocycles. The molecule has 0 spiro atoms. The third-order valence-corrected chi connectivity index (χ3v) is 6.19. The van der Waals surface area contributed by atoms with Gasteiger partial charge in [-0.3, -0.25) is 4.68 Å². The highest BCUT2D eigenvalue weighted by Crippen LogP contribution is 2.39. The van der Waals surface area contributed by atoms with Crippen LogP contribution in [0.25, 0.3) is 33.4 Å². The van der Waals surface area contributed by atoms with E-state index in [9.17, 15) is 5.26 Å². The molecule has 1 saturated carbocycles. The molecule has 0 atom stereocenters. The molecule has 0 bridgehead atoms. The van der Waals surface area contributed by atoms with E-state index in [4.69, 9.17) is 0 Å². The van der Waals surface area contributed by atoms with E-state index in [2.05, 4.69) is 44.3 Å². The van der Waals surface area contributed by atoms with Crippen LogP contribution in [0, 0.1) is 16.7 Å². The summed E-state index contributed by atoms with van der Waals surface area (Å²) in [5, 5.41) is 22.3. The second-order valence-corrected chi connectivity index (χ2v) is 8.57. The van der Waals surface area contributed by atoms with Crippen LogP contribution >= 0.6 is 0 Å². The standard InChI is InChI=1S/C23H23N7/c1-23(9-3-4-10-23)15-30-14-17(13-25-30)19-7-6-18(12-24)26-22(19)16-5-8-21-20(11-16)27-28-29(21)2/h5-8,11,13-14H,3-4,9-10,15H2,1-2H3. The molecule has 5 rings (SSSR count). The van der Waals surface area contributed by atoms with E-state index in [1.54, 1.807) is 10.7 Å². The summed E-state index contributed by atoms with van der Waals surface area (Å²) in [4.78, 5) is 4.62. The Morgan fingerprint density at radius 1 is 1.13 bits per heavy atom. The van der Waals surface area contributed by atoms with Crippen LogP contribution in [0.4, 0.5) is 0 Å². The van der Waals surface area contributed by atoms with Crippen molar-refractivity contribution in [2.45, 2.75) is 39.2 Å². The summed E-state index contributed by atoms with van der Waals surface area (Å²) in [5.74, 6) is 0. The number of rotatable bonds is 4. The molecule has 0 saturated heterocycles. The summed E-state index contributed by atoms with van der Waals surface area (Å²) in [6, 6.07) is 11.8. The van der Waals surface area contributed by atoms with Gasteiger partial charge < -0.3 is 0 Å². The van der Waals surface area contributed by atoms with Crippen LogP contribution in [0.3, 0.4) is 0 Å². The van der Waals surface area contributed by atoms with E-state index >= 15 is 0 Å². The molecule has 1 aliphatic rings. The van der Waals surface area contributed by atoms with Crippen LogP contribution in [-0.2, 0) is 13.6 Å². The van der Waals surface area contributed by atoms with E-state index < -0.39 is 0 Å². The SMILES string of the molecule is Cn1nnc2cc(-c3nc(C#N)ccc3-c3cnn(CC4(C)CCCC4)c3)ccc21. The number of benzene rings is 1. The summed E-state index contributed by atoms with van der Waals surface area (Å²) < 4.78 is 3.79. The van der Waals surface area contributed by atoms with Crippen LogP contribution in [0.2, 0.25) is 0 Å². The van der Waals surface area contributed by atoms with Gasteiger partial charge in [0.25, 0.3) is 0 Å². The molecule has 7 nitrogen and oxygen atoms in total. The highest BCUT2D eigenvalue weighted by Gasteiger charge is 2.29. The minimum atomic E-state index is 0.325. The van der Waals surface area contributed by atoms with Gasteiger partial charge in [0.15, 0.2) is 0 Å². The van der Waals surface area contributed by atoms with E-state index in [1.807, 2.05) is 37.5 Å². The smallest absolute Gasteiger partial charge is 0.141 e. The normalized spacial score (nSPS) is 15.5. The number of aryl methyl sites for hydroxylation is 1. The van der Waals surface area contributed by atoms with Crippen molar-refractivity contribution in [3.63, 3.8) is 0 Å². The van der Waals surface area contributed by atoms with Crippen LogP contribution in [0.1, 0.15) is 38.3 Å². The second kappa shape index (κ2) is 7.06. The van der Waals surface area contributed by atoms with E-state index in [0.717, 1.165) is 40.0 Å². The first-order chi connectivity index (χ1) is 14.5. The van der Waals surface area contributed by atoms with Gasteiger partial charge in [0.05, 0.1) is 17.4 Å². The lowest BCUT2D eigenvalue weighted by Crippen LogP contribution is -2.19. The molecular weight excluding hydrogens is 374 g/mol. The molecule has 3 aromatic heterocycles. The monoisotopic (exact) mass is 397 g/mol. The number of pyridine rings is 1. The minimum absolute atomic E-state index is 0.325. The molecule has 0 radical (unpaired) electrons. The van der Waals surface area contributed by atoms with Crippen molar-refractivity contribution in [3.8, 4) is 28.5 Å². The molecule has 1 aromatic carbocycles. The Bertz CT molecular complexity index is 1270. The number of hydrogen-bond donors (Lipinski definition) is 0. The van der Waals surface area contributed by atoms with Crippen molar-refractivity contribution in [1.82, 2.24) is 29.8 Å². The van der Waals surface area contributed by atoms with Gasteiger partial charge in [-0.25, -0.2) is 9.67 Å². The van der Waals surface area contributed by atoms with Crippen LogP contribution in [-0.4, -0.2) is 29.8 Å². The van der Waals surface area contributed by atoms with Crippen molar-refractivity contribution in [2.24, 2.45) is 12.5 Å². The van der Waals surface area contributed by atoms with Gasteiger partial charge in [0.1, 0.15) is 17.3 Å². The van der Waals surface area contributed by atoms with E-state index in [1.165, 1.54) is 25.7 Å². The molecule has 1 aliphatic carbocycles. The fraction of sp³-hybridized carbons (Fsp3) is 0.348. The fourth-order valence-corrected chi connectivity index (χ4v) is 4.53. The quantitative estimate of drug-likeness (QED) is 0.511. The Balaban J connectivity index is 1.56. The Morgan fingerprint density at radius 3 is 2.77 bits per heavy atom. The third kappa shape index (κ3) is 3.24. The molecule has 0 unspecified atom stereocenters. The predicted molar refractivity (Wildman–Crippen MR) is 114 cm³/mol. The molecule has 7 heteroatoms. The summed E-state index contributed by atoms with van der Waals surface area (Å²) in [6.45, 7) is 3.28. The summed E-state index contributed by atoms with van der Waals surface area (Å²) in [6.07, 6.45) is 9.11. The number of aromatic nitrogens is 6. The van der Waals surface area contributed by atoms with Crippen molar-refractivity contribution in [3.05, 3.63) is 48.4 Å². The summed E-state index contributed by atoms with van der Waals surface area (Å²) in [5.41, 5.74) is 6.09. The predicted octanol–water partition coefficient (Wildman–Crippen LogP) is 4.35. The van der Waals surface area contributed by atoms with Gasteiger partial charge in [-0.2, -0.15) is 10.4 Å². The lowest BCUT2D eigenvalue weighted by Gasteiger charge is -2.22. The first-order valence-electron chi connectivity index (χ1n) is 10.3. The molecule has 30 heavy (non-hydrogen) atoms. The third-order valence-electron chi connectivity index (χ3n) is 6.19. The Morgan fingerprint density at radius 2 is 1.97 bits per heavy atom. The Kier molecular flexibility index (Phi) is 4.35. The van der Waals surface area contributed by atoms with Gasteiger partial charge in [-0.05, 0) is 42.5 Å². The highest BCUT2D eigenvalue weighted by molar-refractivity contribution is 5.86. The second-order valence-electron chi connectivity index (χ2n) is 8.57. The van der Waals surface area contributed by atoms with Crippen LogP contribution < -0.4 is 0 Å². The average Bonchev–Trinajstić information content (AvgIpc) is 3.48. The Labute approximate surface area is 175 Å². The number of fused-ring (bicyclic) bond motifs is 1. The van der Waals surface area contributed by atoms with E-state index in [-0.39, 0.29) is 0 Å². The van der Waals surface area contributed by atoms with Crippen molar-refractivity contribution < 1.29 is 0 Å². The van der Waals surface area contributed by atoms with E-state index in [0.29, 0.717) is 11.1 Å². The molecule has 0 amide bonds. The number of nitrogens with zero attached hydrogens (tertiary/aromatic N) is 7. The largest absolute Gasteiger partial charge is 0.272 e. The molecule has 0 aliphatic heterocycles. The molecule has 150 valence electrons. The zero-order chi connectivity index (χ0) is 20.7. The number of nitriles is 1. The average molecular weight is 397 g/mol. The van der Waals surface area contributed by atoms with Crippen molar-refractivity contribution >= 4 is 11.0 Å². The zero-order valence-electron chi connectivity index (χ0n) is 17.2. The lowest BCUT2D eigenvalue weighted by atomic mass is 9.89. The first-order valence-corrected chi connectivity index (χ1v) is 10.3. The molecule has 0 N–H and O–H groups in total. The van der Waals surface area contributed by atoms with Crippen LogP contribution in [0.15, 0.2) is 42.7 Å². The van der Waals surface area contributed by atoms with Gasteiger partial charge in [0.2, 0.25) is 0 Å². The fourth-order valence-electron chi connectivity index (χ4n) is 4.53. The molecule has 1 fully saturated rings. The maximum Gasteiger partial charge on any atom is 0.141 e. The van der Waals surface area contributed by atoms with Crippen LogP contribution in [0.5, 0.6) is 0 Å². The van der Waals surface area contributed by atoms with Crippen molar-refractivity contribution in [2.75, 3.05) is 0 Å². The Hall–Kier alpha value is -3.53. The maximum absolute atomic E-state index is 9.38. The lowest BCUT2D eigenvalue weighted by molar-refractivity contribution is 0.268. The first kappa shape index (κ1) is 18.5. The summed E-state index contributed by atoms with van der Waals surface area (Å²) >= 11 is 0.